The Balaban J connectivity index is 1.51. The fourth-order valence-electron chi connectivity index (χ4n) is 3.89. The van der Waals surface area contributed by atoms with Crippen molar-refractivity contribution in [3.05, 3.63) is 43.9 Å². The van der Waals surface area contributed by atoms with Crippen LogP contribution in [0, 0.1) is 12.8 Å². The molecule has 35 heavy (non-hydrogen) atoms. The van der Waals surface area contributed by atoms with Gasteiger partial charge in [-0.25, -0.2) is 19.7 Å². The van der Waals surface area contributed by atoms with Crippen molar-refractivity contribution < 1.29 is 14.3 Å². The Labute approximate surface area is 221 Å². The number of rotatable bonds is 6. The van der Waals surface area contributed by atoms with Crippen molar-refractivity contribution in [2.45, 2.75) is 33.2 Å². The van der Waals surface area contributed by atoms with Crippen LogP contribution in [0.3, 0.4) is 0 Å². The zero-order chi connectivity index (χ0) is 25.3. The van der Waals surface area contributed by atoms with Gasteiger partial charge in [0.2, 0.25) is 0 Å². The Morgan fingerprint density at radius 1 is 1.26 bits per heavy atom. The van der Waals surface area contributed by atoms with Gasteiger partial charge >= 0.3 is 5.97 Å². The summed E-state index contributed by atoms with van der Waals surface area (Å²) in [4.78, 5) is 43.8. The van der Waals surface area contributed by atoms with E-state index in [1.165, 1.54) is 23.7 Å². The summed E-state index contributed by atoms with van der Waals surface area (Å²) in [6, 6.07) is -0.0664. The zero-order valence-corrected chi connectivity index (χ0v) is 22.3. The van der Waals surface area contributed by atoms with E-state index in [0.29, 0.717) is 51.6 Å². The van der Waals surface area contributed by atoms with Crippen LogP contribution in [-0.2, 0) is 4.74 Å². The summed E-state index contributed by atoms with van der Waals surface area (Å²) in [6.45, 7) is 7.07. The summed E-state index contributed by atoms with van der Waals surface area (Å²) >= 11 is 19.4. The maximum Gasteiger partial charge on any atom is 0.350 e. The highest BCUT2D eigenvalue weighted by atomic mass is 35.5. The molecule has 0 aromatic carbocycles. The summed E-state index contributed by atoms with van der Waals surface area (Å²) < 4.78 is 5.23. The highest BCUT2D eigenvalue weighted by Crippen LogP contribution is 2.35. The van der Waals surface area contributed by atoms with E-state index in [1.54, 1.807) is 13.8 Å². The first-order valence-electron chi connectivity index (χ1n) is 10.9. The van der Waals surface area contributed by atoms with Gasteiger partial charge in [0.15, 0.2) is 5.13 Å². The molecule has 0 unspecified atom stereocenters. The summed E-state index contributed by atoms with van der Waals surface area (Å²) in [7, 11) is 0. The fraction of sp³-hybridized carbons (Fsp3) is 0.409. The average Bonchev–Trinajstić information content (AvgIpc) is 3.39. The molecule has 0 saturated carbocycles. The number of H-pyrrole nitrogens is 1. The van der Waals surface area contributed by atoms with Crippen molar-refractivity contribution in [3.63, 3.8) is 0 Å². The lowest BCUT2D eigenvalue weighted by Gasteiger charge is -2.37. The van der Waals surface area contributed by atoms with Crippen LogP contribution in [0.1, 0.15) is 46.1 Å². The van der Waals surface area contributed by atoms with E-state index in [4.69, 9.17) is 44.5 Å². The van der Waals surface area contributed by atoms with E-state index in [0.717, 1.165) is 0 Å². The first-order chi connectivity index (χ1) is 16.7. The molecule has 0 spiro atoms. The number of nitrogens with one attached hydrogen (secondary N) is 2. The van der Waals surface area contributed by atoms with Crippen LogP contribution in [0.2, 0.25) is 15.2 Å². The van der Waals surface area contributed by atoms with E-state index in [-0.39, 0.29) is 40.3 Å². The minimum Gasteiger partial charge on any atom is -0.462 e. The second kappa shape index (κ2) is 10.7. The number of amides is 1. The third-order valence-electron chi connectivity index (χ3n) is 5.71. The highest BCUT2D eigenvalue weighted by Gasteiger charge is 2.32. The minimum atomic E-state index is -0.463. The lowest BCUT2D eigenvalue weighted by Crippen LogP contribution is -2.50. The maximum absolute atomic E-state index is 12.8. The minimum absolute atomic E-state index is 0.0664. The number of hydrogen-bond donors (Lipinski definition) is 2. The third kappa shape index (κ3) is 5.40. The summed E-state index contributed by atoms with van der Waals surface area (Å²) in [5.74, 6) is -0.653. The van der Waals surface area contributed by atoms with Gasteiger partial charge in [-0.15, -0.1) is 0 Å². The number of thiazole rings is 1. The van der Waals surface area contributed by atoms with Crippen molar-refractivity contribution in [2.24, 2.45) is 5.92 Å². The molecule has 1 fully saturated rings. The van der Waals surface area contributed by atoms with Gasteiger partial charge in [-0.2, -0.15) is 0 Å². The van der Waals surface area contributed by atoms with Gasteiger partial charge in [-0.3, -0.25) is 4.79 Å². The predicted octanol–water partition coefficient (Wildman–Crippen LogP) is 5.02. The summed E-state index contributed by atoms with van der Waals surface area (Å²) in [5, 5.41) is 4.55. The molecule has 2 atom stereocenters. The number of piperidine rings is 1. The normalized spacial score (nSPS) is 17.9. The molecule has 1 amide bonds. The Kier molecular flexibility index (Phi) is 7.85. The van der Waals surface area contributed by atoms with E-state index in [1.807, 2.05) is 0 Å². The third-order valence-corrected chi connectivity index (χ3v) is 7.95. The van der Waals surface area contributed by atoms with Crippen LogP contribution in [0.4, 0.5) is 5.13 Å². The van der Waals surface area contributed by atoms with Gasteiger partial charge in [0.05, 0.1) is 29.0 Å². The van der Waals surface area contributed by atoms with Crippen LogP contribution in [-0.4, -0.2) is 57.6 Å². The molecule has 0 bridgehead atoms. The molecule has 1 saturated heterocycles. The van der Waals surface area contributed by atoms with E-state index < -0.39 is 5.97 Å². The molecule has 1 aliphatic rings. The molecule has 9 nitrogen and oxygen atoms in total. The lowest BCUT2D eigenvalue weighted by molar-refractivity contribution is 0.0532. The molecule has 13 heteroatoms. The van der Waals surface area contributed by atoms with Gasteiger partial charge in [-0.1, -0.05) is 53.1 Å². The Bertz CT molecular complexity index is 1250. The first kappa shape index (κ1) is 25.7. The van der Waals surface area contributed by atoms with E-state index >= 15 is 0 Å². The highest BCUT2D eigenvalue weighted by molar-refractivity contribution is 7.17. The second-order valence-electron chi connectivity index (χ2n) is 8.16. The topological polar surface area (TPSA) is 113 Å². The number of halogens is 3. The van der Waals surface area contributed by atoms with Gasteiger partial charge < -0.3 is 19.9 Å². The summed E-state index contributed by atoms with van der Waals surface area (Å²) in [5.41, 5.74) is 1.75. The van der Waals surface area contributed by atoms with Crippen LogP contribution >= 0.6 is 46.1 Å². The number of esters is 1. The van der Waals surface area contributed by atoms with Crippen molar-refractivity contribution in [1.82, 2.24) is 25.3 Å². The first-order valence-corrected chi connectivity index (χ1v) is 12.9. The molecule has 1 aliphatic heterocycles. The standard InChI is InChI=1S/C22H23Cl3N6O3S/c1-4-34-21(33)19-17(13-7-27-14(23)8-26-13)30-22(35-19)31-6-5-12(10(2)9-31)29-20(32)18-16(25)15(24)11(3)28-18/h7-8,10,12,28H,4-6,9H2,1-3H3,(H,29,32)/t10-,12+/m0/s1. The van der Waals surface area contributed by atoms with E-state index in [9.17, 15) is 9.59 Å². The monoisotopic (exact) mass is 556 g/mol. The van der Waals surface area contributed by atoms with Gasteiger partial charge in [0.1, 0.15) is 27.1 Å². The SMILES string of the molecule is CCOC(=O)c1sc(N2CC[C@@H](NC(=O)c3[nH]c(C)c(Cl)c3Cl)[C@@H](C)C2)nc1-c1cnc(Cl)cn1. The number of hydrogen-bond acceptors (Lipinski definition) is 8. The Hall–Kier alpha value is -2.40. The second-order valence-corrected chi connectivity index (χ2v) is 10.3. The molecule has 0 aliphatic carbocycles. The smallest absolute Gasteiger partial charge is 0.350 e. The molecule has 4 heterocycles. The molecule has 3 aromatic rings. The van der Waals surface area contributed by atoms with Crippen molar-refractivity contribution in [2.75, 3.05) is 24.6 Å². The molecule has 2 N–H and O–H groups in total. The summed E-state index contributed by atoms with van der Waals surface area (Å²) in [6.07, 6.45) is 3.57. The Morgan fingerprint density at radius 3 is 2.63 bits per heavy atom. The van der Waals surface area contributed by atoms with Gasteiger partial charge in [0.25, 0.3) is 5.91 Å². The largest absolute Gasteiger partial charge is 0.462 e. The van der Waals surface area contributed by atoms with Crippen molar-refractivity contribution >= 4 is 63.1 Å². The molecular weight excluding hydrogens is 535 g/mol. The fourth-order valence-corrected chi connectivity index (χ4v) is 5.41. The predicted molar refractivity (Wildman–Crippen MR) is 137 cm³/mol. The van der Waals surface area contributed by atoms with Crippen LogP contribution < -0.4 is 10.2 Å². The van der Waals surface area contributed by atoms with E-state index in [2.05, 4.69) is 32.1 Å². The van der Waals surface area contributed by atoms with Crippen LogP contribution in [0.15, 0.2) is 12.4 Å². The van der Waals surface area contributed by atoms with Crippen molar-refractivity contribution in [3.8, 4) is 11.4 Å². The number of carbonyl (C=O) groups is 2. The lowest BCUT2D eigenvalue weighted by atomic mass is 9.94. The quantitative estimate of drug-likeness (QED) is 0.409. The average molecular weight is 558 g/mol. The number of aromatic amines is 1. The molecule has 4 rings (SSSR count). The van der Waals surface area contributed by atoms with Gasteiger partial charge in [0, 0.05) is 24.8 Å². The number of anilines is 1. The zero-order valence-electron chi connectivity index (χ0n) is 19.2. The number of nitrogens with zero attached hydrogens (tertiary/aromatic N) is 4. The number of carbonyl (C=O) groups excluding carboxylic acids is 2. The molecule has 3 aromatic heterocycles. The molecular formula is C22H23Cl3N6O3S. The molecule has 0 radical (unpaired) electrons. The maximum atomic E-state index is 12.8. The number of ether oxygens (including phenoxy) is 1. The number of aromatic nitrogens is 4. The number of aryl methyl sites for hydroxylation is 1. The Morgan fingerprint density at radius 2 is 2.03 bits per heavy atom. The van der Waals surface area contributed by atoms with Gasteiger partial charge in [-0.05, 0) is 26.2 Å². The van der Waals surface area contributed by atoms with Crippen LogP contribution in [0.5, 0.6) is 0 Å². The van der Waals surface area contributed by atoms with Crippen LogP contribution in [0.25, 0.3) is 11.4 Å². The van der Waals surface area contributed by atoms with Crippen molar-refractivity contribution in [1.29, 1.82) is 0 Å². The molecule has 186 valence electrons.